The van der Waals surface area contributed by atoms with Gasteiger partial charge in [0.15, 0.2) is 0 Å². The zero-order valence-electron chi connectivity index (χ0n) is 19.1. The predicted octanol–water partition coefficient (Wildman–Crippen LogP) is 5.04. The first kappa shape index (κ1) is 22.3. The van der Waals surface area contributed by atoms with Gasteiger partial charge in [0, 0.05) is 24.5 Å². The summed E-state index contributed by atoms with van der Waals surface area (Å²) in [6, 6.07) is 15.4. The van der Waals surface area contributed by atoms with Gasteiger partial charge in [-0.1, -0.05) is 30.3 Å². The molecule has 2 aromatic carbocycles. The van der Waals surface area contributed by atoms with Crippen LogP contribution in [-0.2, 0) is 27.4 Å². The summed E-state index contributed by atoms with van der Waals surface area (Å²) in [5.74, 6) is 0.267. The number of rotatable bonds is 5. The largest absolute Gasteiger partial charge is 0.458 e. The summed E-state index contributed by atoms with van der Waals surface area (Å²) in [6.07, 6.45) is 1.23. The molecule has 0 unspecified atom stereocenters. The van der Waals surface area contributed by atoms with E-state index < -0.39 is 11.7 Å². The smallest absolute Gasteiger partial charge is 0.412 e. The van der Waals surface area contributed by atoms with Gasteiger partial charge in [0.2, 0.25) is 0 Å². The first-order chi connectivity index (χ1) is 15.7. The monoisotopic (exact) mass is 446 g/mol. The van der Waals surface area contributed by atoms with Gasteiger partial charge < -0.3 is 14.0 Å². The van der Waals surface area contributed by atoms with Crippen LogP contribution < -0.4 is 5.32 Å². The summed E-state index contributed by atoms with van der Waals surface area (Å²) >= 11 is 0. The van der Waals surface area contributed by atoms with E-state index in [9.17, 15) is 9.59 Å². The standard InChI is InChI=1S/C25H26N4O4/c1-16(30)32-15-22-28-21-13-26-20-8-6-5-7-19(20)23(21)29(22)14-17-9-11-18(12-10-17)27-24(31)33-25(2,3)4/h5-13H,14-15H2,1-4H3,(H,27,31). The molecular formula is C25H26N4O4. The van der Waals surface area contributed by atoms with Crippen molar-refractivity contribution in [1.29, 1.82) is 0 Å². The summed E-state index contributed by atoms with van der Waals surface area (Å²) in [6.45, 7) is 7.40. The maximum Gasteiger partial charge on any atom is 0.412 e. The lowest BCUT2D eigenvalue weighted by atomic mass is 10.1. The third-order valence-electron chi connectivity index (χ3n) is 4.90. The molecule has 2 aromatic heterocycles. The van der Waals surface area contributed by atoms with Crippen molar-refractivity contribution in [2.45, 2.75) is 46.4 Å². The highest BCUT2D eigenvalue weighted by atomic mass is 16.6. The quantitative estimate of drug-likeness (QED) is 0.432. The number of imidazole rings is 1. The molecule has 0 aliphatic carbocycles. The number of esters is 1. The number of hydrogen-bond acceptors (Lipinski definition) is 6. The van der Waals surface area contributed by atoms with E-state index in [4.69, 9.17) is 9.47 Å². The molecule has 0 aliphatic heterocycles. The molecule has 2 heterocycles. The fraction of sp³-hybridized carbons (Fsp3) is 0.280. The van der Waals surface area contributed by atoms with Crippen LogP contribution >= 0.6 is 0 Å². The van der Waals surface area contributed by atoms with Gasteiger partial charge in [-0.2, -0.15) is 0 Å². The molecule has 33 heavy (non-hydrogen) atoms. The molecule has 170 valence electrons. The van der Waals surface area contributed by atoms with Crippen molar-refractivity contribution in [3.8, 4) is 0 Å². The Kier molecular flexibility index (Phi) is 6.00. The molecule has 0 fully saturated rings. The number of fused-ring (bicyclic) bond motifs is 3. The van der Waals surface area contributed by atoms with Gasteiger partial charge in [0.25, 0.3) is 0 Å². The number of anilines is 1. The second kappa shape index (κ2) is 8.90. The van der Waals surface area contributed by atoms with Gasteiger partial charge >= 0.3 is 12.1 Å². The van der Waals surface area contributed by atoms with Crippen LogP contribution in [0.4, 0.5) is 10.5 Å². The van der Waals surface area contributed by atoms with E-state index in [1.807, 2.05) is 73.9 Å². The van der Waals surface area contributed by atoms with Gasteiger partial charge in [0.1, 0.15) is 23.5 Å². The molecule has 8 heteroatoms. The molecule has 1 N–H and O–H groups in total. The summed E-state index contributed by atoms with van der Waals surface area (Å²) in [4.78, 5) is 32.6. The lowest BCUT2D eigenvalue weighted by Gasteiger charge is -2.19. The van der Waals surface area contributed by atoms with Crippen LogP contribution in [0.5, 0.6) is 0 Å². The van der Waals surface area contributed by atoms with Crippen molar-refractivity contribution in [1.82, 2.24) is 14.5 Å². The maximum atomic E-state index is 12.0. The lowest BCUT2D eigenvalue weighted by Crippen LogP contribution is -2.27. The zero-order chi connectivity index (χ0) is 23.6. The SMILES string of the molecule is CC(=O)OCc1nc2cnc3ccccc3c2n1Cc1ccc(NC(=O)OC(C)(C)C)cc1. The lowest BCUT2D eigenvalue weighted by molar-refractivity contribution is -0.142. The minimum Gasteiger partial charge on any atom is -0.458 e. The Morgan fingerprint density at radius 3 is 2.45 bits per heavy atom. The average Bonchev–Trinajstić information content (AvgIpc) is 3.10. The summed E-state index contributed by atoms with van der Waals surface area (Å²) < 4.78 is 12.6. The number of nitrogens with zero attached hydrogens (tertiary/aromatic N) is 3. The molecule has 0 atom stereocenters. The number of benzene rings is 2. The summed E-state index contributed by atoms with van der Waals surface area (Å²) in [7, 11) is 0. The normalized spacial score (nSPS) is 11.5. The highest BCUT2D eigenvalue weighted by Crippen LogP contribution is 2.26. The molecule has 0 bridgehead atoms. The van der Waals surface area contributed by atoms with E-state index in [0.29, 0.717) is 18.1 Å². The molecule has 4 rings (SSSR count). The van der Waals surface area contributed by atoms with Crippen LogP contribution in [0, 0.1) is 0 Å². The number of carbonyl (C=O) groups excluding carboxylic acids is 2. The topological polar surface area (TPSA) is 95.3 Å². The first-order valence-corrected chi connectivity index (χ1v) is 10.6. The number of nitrogens with one attached hydrogen (secondary N) is 1. The molecule has 1 amide bonds. The Balaban J connectivity index is 1.65. The van der Waals surface area contributed by atoms with Crippen molar-refractivity contribution in [2.75, 3.05) is 5.32 Å². The average molecular weight is 447 g/mol. The van der Waals surface area contributed by atoms with E-state index in [1.54, 1.807) is 6.20 Å². The highest BCUT2D eigenvalue weighted by molar-refractivity contribution is 6.02. The van der Waals surface area contributed by atoms with Crippen LogP contribution in [0.25, 0.3) is 21.9 Å². The zero-order valence-corrected chi connectivity index (χ0v) is 19.1. The summed E-state index contributed by atoms with van der Waals surface area (Å²) in [5.41, 5.74) is 3.59. The minimum absolute atomic E-state index is 0.0661. The molecule has 4 aromatic rings. The van der Waals surface area contributed by atoms with Crippen LogP contribution in [0.15, 0.2) is 54.7 Å². The van der Waals surface area contributed by atoms with E-state index >= 15 is 0 Å². The Morgan fingerprint density at radius 2 is 1.76 bits per heavy atom. The first-order valence-electron chi connectivity index (χ1n) is 10.6. The van der Waals surface area contributed by atoms with Crippen molar-refractivity contribution >= 4 is 39.7 Å². The number of ether oxygens (including phenoxy) is 2. The number of hydrogen-bond donors (Lipinski definition) is 1. The summed E-state index contributed by atoms with van der Waals surface area (Å²) in [5, 5.41) is 3.71. The second-order valence-corrected chi connectivity index (χ2v) is 8.73. The highest BCUT2D eigenvalue weighted by Gasteiger charge is 2.17. The number of aromatic nitrogens is 3. The van der Waals surface area contributed by atoms with Crippen LogP contribution in [-0.4, -0.2) is 32.2 Å². The van der Waals surface area contributed by atoms with Gasteiger partial charge in [0.05, 0.1) is 17.2 Å². The van der Waals surface area contributed by atoms with Crippen molar-refractivity contribution < 1.29 is 19.1 Å². The van der Waals surface area contributed by atoms with Gasteiger partial charge in [-0.3, -0.25) is 15.1 Å². The Hall–Kier alpha value is -3.94. The van der Waals surface area contributed by atoms with Gasteiger partial charge in [-0.05, 0) is 44.5 Å². The Bertz CT molecular complexity index is 1320. The molecule has 0 radical (unpaired) electrons. The number of pyridine rings is 1. The van der Waals surface area contributed by atoms with E-state index in [2.05, 4.69) is 15.3 Å². The third-order valence-corrected chi connectivity index (χ3v) is 4.90. The van der Waals surface area contributed by atoms with Crippen molar-refractivity contribution in [3.05, 3.63) is 66.1 Å². The molecule has 0 saturated carbocycles. The fourth-order valence-electron chi connectivity index (χ4n) is 3.55. The molecular weight excluding hydrogens is 420 g/mol. The van der Waals surface area contributed by atoms with Crippen LogP contribution in [0.3, 0.4) is 0 Å². The second-order valence-electron chi connectivity index (χ2n) is 8.73. The molecule has 0 spiro atoms. The van der Waals surface area contributed by atoms with E-state index in [-0.39, 0.29) is 12.6 Å². The van der Waals surface area contributed by atoms with Crippen molar-refractivity contribution in [3.63, 3.8) is 0 Å². The predicted molar refractivity (Wildman–Crippen MR) is 126 cm³/mol. The van der Waals surface area contributed by atoms with Gasteiger partial charge in [-0.15, -0.1) is 0 Å². The third kappa shape index (κ3) is 5.28. The Morgan fingerprint density at radius 1 is 1.03 bits per heavy atom. The van der Waals surface area contributed by atoms with Crippen LogP contribution in [0.1, 0.15) is 39.1 Å². The van der Waals surface area contributed by atoms with E-state index in [1.165, 1.54) is 6.92 Å². The maximum absolute atomic E-state index is 12.0. The molecule has 0 saturated heterocycles. The fourth-order valence-corrected chi connectivity index (χ4v) is 3.55. The van der Waals surface area contributed by atoms with E-state index in [0.717, 1.165) is 27.5 Å². The van der Waals surface area contributed by atoms with Gasteiger partial charge in [-0.25, -0.2) is 9.78 Å². The molecule has 0 aliphatic rings. The Labute approximate surface area is 191 Å². The molecule has 8 nitrogen and oxygen atoms in total. The van der Waals surface area contributed by atoms with Crippen molar-refractivity contribution in [2.24, 2.45) is 0 Å². The number of amides is 1. The van der Waals surface area contributed by atoms with Crippen LogP contribution in [0.2, 0.25) is 0 Å². The minimum atomic E-state index is -0.567. The number of carbonyl (C=O) groups is 2. The number of para-hydroxylation sites is 1.